The molecule has 0 saturated carbocycles. The van der Waals surface area contributed by atoms with Gasteiger partial charge in [-0.2, -0.15) is 0 Å². The van der Waals surface area contributed by atoms with Crippen LogP contribution in [0.15, 0.2) is 34.1 Å². The Labute approximate surface area is 114 Å². The second-order valence-electron chi connectivity index (χ2n) is 5.08. The number of carboxylic acid groups (broad SMARTS) is 1. The molecule has 1 aromatic rings. The van der Waals surface area contributed by atoms with Crippen LogP contribution in [0, 0.1) is 5.92 Å². The number of allylic oxidation sites excluding steroid dienone is 1. The van der Waals surface area contributed by atoms with E-state index in [1.165, 1.54) is 6.26 Å². The van der Waals surface area contributed by atoms with Gasteiger partial charge in [-0.3, -0.25) is 14.4 Å². The van der Waals surface area contributed by atoms with E-state index >= 15 is 0 Å². The average molecular weight is 275 g/mol. The normalized spacial score (nSPS) is 26.2. The summed E-state index contributed by atoms with van der Waals surface area (Å²) >= 11 is 0. The lowest BCUT2D eigenvalue weighted by atomic mass is 9.77. The maximum atomic E-state index is 12.2. The third kappa shape index (κ3) is 2.03. The average Bonchev–Trinajstić information content (AvgIpc) is 2.90. The second-order valence-corrected chi connectivity index (χ2v) is 5.08. The maximum Gasteiger partial charge on any atom is 0.311 e. The number of aliphatic carboxylic acids is 1. The zero-order valence-corrected chi connectivity index (χ0v) is 10.6. The van der Waals surface area contributed by atoms with Crippen molar-refractivity contribution >= 4 is 17.7 Å². The Bertz CT molecular complexity index is 614. The largest absolute Gasteiger partial charge is 0.481 e. The van der Waals surface area contributed by atoms with E-state index in [0.717, 1.165) is 0 Å². The molecule has 2 aliphatic rings. The molecule has 6 heteroatoms. The lowest BCUT2D eigenvalue weighted by Crippen LogP contribution is -2.41. The zero-order chi connectivity index (χ0) is 14.3. The van der Waals surface area contributed by atoms with Crippen molar-refractivity contribution in [3.8, 4) is 0 Å². The van der Waals surface area contributed by atoms with E-state index in [2.05, 4.69) is 5.32 Å². The molecule has 2 N–H and O–H groups in total. The van der Waals surface area contributed by atoms with Gasteiger partial charge in [-0.1, -0.05) is 0 Å². The summed E-state index contributed by atoms with van der Waals surface area (Å²) in [5.74, 6) is -2.20. The predicted molar refractivity (Wildman–Crippen MR) is 66.6 cm³/mol. The molecule has 1 aromatic heterocycles. The van der Waals surface area contributed by atoms with Crippen molar-refractivity contribution in [1.29, 1.82) is 0 Å². The summed E-state index contributed by atoms with van der Waals surface area (Å²) in [5.41, 5.74) is 0.686. The number of carboxylic acids is 1. The number of furan rings is 1. The topological polar surface area (TPSA) is 96.6 Å². The molecule has 0 fully saturated rings. The van der Waals surface area contributed by atoms with Crippen molar-refractivity contribution in [2.24, 2.45) is 5.92 Å². The van der Waals surface area contributed by atoms with E-state index in [-0.39, 0.29) is 36.0 Å². The van der Waals surface area contributed by atoms with Crippen LogP contribution in [0.5, 0.6) is 0 Å². The molecule has 0 saturated heterocycles. The fourth-order valence-electron chi connectivity index (χ4n) is 2.90. The Balaban J connectivity index is 1.97. The van der Waals surface area contributed by atoms with E-state index in [1.54, 1.807) is 12.1 Å². The third-order valence-corrected chi connectivity index (χ3v) is 3.78. The van der Waals surface area contributed by atoms with Crippen molar-refractivity contribution in [1.82, 2.24) is 5.32 Å². The smallest absolute Gasteiger partial charge is 0.311 e. The fraction of sp³-hybridized carbons (Fsp3) is 0.357. The van der Waals surface area contributed by atoms with Crippen LogP contribution in [0.2, 0.25) is 0 Å². The fourth-order valence-corrected chi connectivity index (χ4v) is 2.90. The molecule has 0 aromatic carbocycles. The highest BCUT2D eigenvalue weighted by atomic mass is 16.4. The van der Waals surface area contributed by atoms with Crippen LogP contribution in [0.3, 0.4) is 0 Å². The van der Waals surface area contributed by atoms with Gasteiger partial charge in [0.15, 0.2) is 5.78 Å². The molecule has 0 unspecified atom stereocenters. The number of nitrogens with one attached hydrogen (secondary N) is 1. The lowest BCUT2D eigenvalue weighted by molar-refractivity contribution is -0.144. The second kappa shape index (κ2) is 4.63. The quantitative estimate of drug-likeness (QED) is 0.845. The minimum absolute atomic E-state index is 0.149. The predicted octanol–water partition coefficient (Wildman–Crippen LogP) is 1.20. The maximum absolute atomic E-state index is 12.2. The van der Waals surface area contributed by atoms with Crippen molar-refractivity contribution in [3.05, 3.63) is 35.4 Å². The standard InChI is InChI=1S/C14H13NO5/c16-10-5-7(11-2-1-3-20-11)4-9-13(10)8(14(18)19)6-12(17)15-9/h1-3,7-8H,4-6H2,(H,15,17)(H,18,19)/t7-,8-/m1/s1. The highest BCUT2D eigenvalue weighted by Crippen LogP contribution is 2.38. The summed E-state index contributed by atoms with van der Waals surface area (Å²) in [7, 11) is 0. The number of hydrogen-bond acceptors (Lipinski definition) is 4. The van der Waals surface area contributed by atoms with E-state index in [4.69, 9.17) is 4.42 Å². The highest BCUT2D eigenvalue weighted by Gasteiger charge is 2.41. The summed E-state index contributed by atoms with van der Waals surface area (Å²) in [6.45, 7) is 0. The number of rotatable bonds is 2. The van der Waals surface area contributed by atoms with Gasteiger partial charge in [0, 0.05) is 30.0 Å². The van der Waals surface area contributed by atoms with Crippen LogP contribution < -0.4 is 5.32 Å². The molecule has 6 nitrogen and oxygen atoms in total. The summed E-state index contributed by atoms with van der Waals surface area (Å²) in [6, 6.07) is 3.52. The molecular weight excluding hydrogens is 262 g/mol. The number of Topliss-reactive ketones (excluding diaryl/α,β-unsaturated/α-hetero) is 1. The first-order valence-electron chi connectivity index (χ1n) is 6.38. The Morgan fingerprint density at radius 3 is 2.75 bits per heavy atom. The van der Waals surface area contributed by atoms with E-state index in [0.29, 0.717) is 17.9 Å². The van der Waals surface area contributed by atoms with Gasteiger partial charge < -0.3 is 14.8 Å². The Morgan fingerprint density at radius 2 is 2.10 bits per heavy atom. The van der Waals surface area contributed by atoms with Gasteiger partial charge in [0.2, 0.25) is 5.91 Å². The third-order valence-electron chi connectivity index (χ3n) is 3.78. The zero-order valence-electron chi connectivity index (χ0n) is 10.6. The van der Waals surface area contributed by atoms with Gasteiger partial charge in [0.05, 0.1) is 12.2 Å². The van der Waals surface area contributed by atoms with Crippen molar-refractivity contribution in [2.45, 2.75) is 25.2 Å². The summed E-state index contributed by atoms with van der Waals surface area (Å²) in [6.07, 6.45) is 1.99. The van der Waals surface area contributed by atoms with Gasteiger partial charge in [-0.25, -0.2) is 0 Å². The SMILES string of the molecule is O=C1C[C@@H](C(=O)O)C2=C(C[C@@H](c3ccco3)CC2=O)N1. The molecule has 104 valence electrons. The first kappa shape index (κ1) is 12.7. The van der Waals surface area contributed by atoms with Crippen LogP contribution in [-0.2, 0) is 14.4 Å². The molecule has 0 spiro atoms. The summed E-state index contributed by atoms with van der Waals surface area (Å²) < 4.78 is 5.30. The van der Waals surface area contributed by atoms with E-state index in [9.17, 15) is 19.5 Å². The van der Waals surface area contributed by atoms with Crippen molar-refractivity contribution in [2.75, 3.05) is 0 Å². The molecule has 1 aliphatic heterocycles. The Kier molecular flexibility index (Phi) is 2.93. The van der Waals surface area contributed by atoms with Gasteiger partial charge in [0.25, 0.3) is 0 Å². The minimum Gasteiger partial charge on any atom is -0.481 e. The minimum atomic E-state index is -1.13. The van der Waals surface area contributed by atoms with E-state index in [1.807, 2.05) is 0 Å². The van der Waals surface area contributed by atoms with Gasteiger partial charge in [0.1, 0.15) is 5.76 Å². The molecule has 1 amide bonds. The number of hydrogen-bond donors (Lipinski definition) is 2. The Morgan fingerprint density at radius 1 is 1.30 bits per heavy atom. The van der Waals surface area contributed by atoms with Crippen molar-refractivity contribution in [3.63, 3.8) is 0 Å². The lowest BCUT2D eigenvalue weighted by Gasteiger charge is -2.31. The number of carbonyl (C=O) groups excluding carboxylic acids is 2. The number of ketones is 1. The molecule has 0 bridgehead atoms. The van der Waals surface area contributed by atoms with Crippen LogP contribution in [0.1, 0.15) is 30.9 Å². The molecule has 1 aliphatic carbocycles. The van der Waals surface area contributed by atoms with Crippen LogP contribution in [0.25, 0.3) is 0 Å². The molecule has 3 rings (SSSR count). The first-order valence-corrected chi connectivity index (χ1v) is 6.38. The Hall–Kier alpha value is -2.37. The molecule has 20 heavy (non-hydrogen) atoms. The monoisotopic (exact) mass is 275 g/mol. The van der Waals surface area contributed by atoms with E-state index < -0.39 is 11.9 Å². The summed E-state index contributed by atoms with van der Waals surface area (Å²) in [4.78, 5) is 35.1. The molecule has 0 radical (unpaired) electrons. The van der Waals surface area contributed by atoms with Crippen LogP contribution in [0.4, 0.5) is 0 Å². The first-order chi connectivity index (χ1) is 9.56. The molecule has 2 atom stereocenters. The van der Waals surface area contributed by atoms with Crippen LogP contribution >= 0.6 is 0 Å². The van der Waals surface area contributed by atoms with Crippen LogP contribution in [-0.4, -0.2) is 22.8 Å². The molecular formula is C14H13NO5. The summed E-state index contributed by atoms with van der Waals surface area (Å²) in [5, 5.41) is 11.8. The highest BCUT2D eigenvalue weighted by molar-refractivity contribution is 6.05. The number of amides is 1. The van der Waals surface area contributed by atoms with Crippen molar-refractivity contribution < 1.29 is 23.9 Å². The van der Waals surface area contributed by atoms with Gasteiger partial charge >= 0.3 is 5.97 Å². The van der Waals surface area contributed by atoms with Gasteiger partial charge in [-0.05, 0) is 18.6 Å². The van der Waals surface area contributed by atoms with Gasteiger partial charge in [-0.15, -0.1) is 0 Å². The number of carbonyl (C=O) groups is 3. The molecule has 2 heterocycles.